The van der Waals surface area contributed by atoms with E-state index in [2.05, 4.69) is 4.98 Å². The van der Waals surface area contributed by atoms with Crippen LogP contribution in [0.15, 0.2) is 66.7 Å². The van der Waals surface area contributed by atoms with Crippen LogP contribution >= 0.6 is 0 Å². The number of benzene rings is 3. The number of para-hydroxylation sites is 1. The van der Waals surface area contributed by atoms with Crippen molar-refractivity contribution < 1.29 is 28.6 Å². The van der Waals surface area contributed by atoms with Gasteiger partial charge in [-0.25, -0.2) is 4.79 Å². The van der Waals surface area contributed by atoms with Gasteiger partial charge in [0.05, 0.1) is 20.3 Å². The molecule has 0 aliphatic heterocycles. The zero-order valence-electron chi connectivity index (χ0n) is 23.8. The summed E-state index contributed by atoms with van der Waals surface area (Å²) in [4.78, 5) is 44.0. The molecule has 0 spiro atoms. The van der Waals surface area contributed by atoms with Crippen LogP contribution in [-0.2, 0) is 30.2 Å². The fourth-order valence-corrected chi connectivity index (χ4v) is 5.08. The summed E-state index contributed by atoms with van der Waals surface area (Å²) >= 11 is 0. The second-order valence-electron chi connectivity index (χ2n) is 10.7. The molecule has 0 bridgehead atoms. The van der Waals surface area contributed by atoms with Gasteiger partial charge < -0.3 is 24.1 Å². The van der Waals surface area contributed by atoms with Crippen LogP contribution in [0.4, 0.5) is 4.79 Å². The van der Waals surface area contributed by atoms with Gasteiger partial charge in [-0.2, -0.15) is 0 Å². The summed E-state index contributed by atoms with van der Waals surface area (Å²) in [6, 6.07) is 21.3. The van der Waals surface area contributed by atoms with E-state index in [0.29, 0.717) is 12.1 Å². The maximum atomic E-state index is 13.6. The maximum Gasteiger partial charge on any atom is 0.410 e. The highest BCUT2D eigenvalue weighted by Crippen LogP contribution is 2.33. The van der Waals surface area contributed by atoms with Crippen molar-refractivity contribution in [2.45, 2.75) is 51.7 Å². The molecule has 0 saturated carbocycles. The van der Waals surface area contributed by atoms with Gasteiger partial charge >= 0.3 is 18.0 Å². The highest BCUT2D eigenvalue weighted by Gasteiger charge is 2.35. The Bertz CT molecular complexity index is 1510. The lowest BCUT2D eigenvalue weighted by molar-refractivity contribution is -0.154. The van der Waals surface area contributed by atoms with E-state index in [0.717, 1.165) is 32.8 Å². The van der Waals surface area contributed by atoms with Crippen molar-refractivity contribution in [3.05, 3.63) is 83.6 Å². The van der Waals surface area contributed by atoms with Crippen molar-refractivity contribution in [2.24, 2.45) is 0 Å². The van der Waals surface area contributed by atoms with Gasteiger partial charge in [-0.3, -0.25) is 9.59 Å². The van der Waals surface area contributed by atoms with E-state index in [-0.39, 0.29) is 12.6 Å². The molecule has 0 aliphatic rings. The van der Waals surface area contributed by atoms with E-state index in [4.69, 9.17) is 14.2 Å². The lowest BCUT2D eigenvalue weighted by atomic mass is 9.96. The van der Waals surface area contributed by atoms with Gasteiger partial charge in [0.1, 0.15) is 5.60 Å². The Morgan fingerprint density at radius 2 is 1.45 bits per heavy atom. The summed E-state index contributed by atoms with van der Waals surface area (Å²) in [6.07, 6.45) is -0.107. The molecule has 4 aromatic rings. The van der Waals surface area contributed by atoms with E-state index >= 15 is 0 Å². The number of methoxy groups -OCH3 is 2. The molecule has 8 nitrogen and oxygen atoms in total. The molecule has 1 heterocycles. The predicted molar refractivity (Wildman–Crippen MR) is 154 cm³/mol. The van der Waals surface area contributed by atoms with E-state index in [9.17, 15) is 14.4 Å². The maximum absolute atomic E-state index is 13.6. The Morgan fingerprint density at radius 3 is 2.10 bits per heavy atom. The van der Waals surface area contributed by atoms with Crippen molar-refractivity contribution in [2.75, 3.05) is 20.8 Å². The summed E-state index contributed by atoms with van der Waals surface area (Å²) < 4.78 is 15.7. The molecule has 210 valence electrons. The monoisotopic (exact) mass is 544 g/mol. The van der Waals surface area contributed by atoms with Crippen LogP contribution < -0.4 is 0 Å². The molecule has 4 rings (SSSR count). The first kappa shape index (κ1) is 28.7. The smallest absolute Gasteiger partial charge is 0.410 e. The van der Waals surface area contributed by atoms with Crippen LogP contribution in [-0.4, -0.2) is 54.3 Å². The summed E-state index contributed by atoms with van der Waals surface area (Å²) in [5.41, 5.74) is 2.18. The lowest BCUT2D eigenvalue weighted by Crippen LogP contribution is -2.39. The topological polar surface area (TPSA) is 97.9 Å². The average molecular weight is 545 g/mol. The number of rotatable bonds is 8. The van der Waals surface area contributed by atoms with Crippen molar-refractivity contribution in [1.29, 1.82) is 0 Å². The first-order valence-electron chi connectivity index (χ1n) is 13.3. The standard InChI is InChI=1S/C32H36N2O6/c1-20(22-16-11-13-21-12-7-8-14-23(21)22)34(31(37)40-32(2,3)4)19-18-25-24-15-9-10-17-26(24)33-28(25)27(29(35)38-5)30(36)39-6/h7-17,20,27,33H,18-19H2,1-6H3/t20-/m0/s1. The third kappa shape index (κ3) is 5.96. The first-order chi connectivity index (χ1) is 19.1. The van der Waals surface area contributed by atoms with E-state index in [1.165, 1.54) is 14.2 Å². The van der Waals surface area contributed by atoms with Crippen molar-refractivity contribution in [3.63, 3.8) is 0 Å². The molecule has 1 amide bonds. The number of nitrogens with zero attached hydrogens (tertiary/aromatic N) is 1. The normalized spacial score (nSPS) is 12.4. The van der Waals surface area contributed by atoms with E-state index in [1.54, 1.807) is 4.90 Å². The van der Waals surface area contributed by atoms with Crippen LogP contribution in [0, 0.1) is 0 Å². The molecule has 8 heteroatoms. The van der Waals surface area contributed by atoms with Gasteiger partial charge in [0.25, 0.3) is 0 Å². The molecule has 0 fully saturated rings. The second kappa shape index (κ2) is 11.8. The lowest BCUT2D eigenvalue weighted by Gasteiger charge is -2.32. The Hall–Kier alpha value is -4.33. The quantitative estimate of drug-likeness (QED) is 0.159. The van der Waals surface area contributed by atoms with Crippen molar-refractivity contribution >= 4 is 39.7 Å². The number of nitrogens with one attached hydrogen (secondary N) is 1. The van der Waals surface area contributed by atoms with E-state index in [1.807, 2.05) is 94.4 Å². The number of H-pyrrole nitrogens is 1. The minimum absolute atomic E-state index is 0.267. The minimum atomic E-state index is -1.29. The largest absolute Gasteiger partial charge is 0.468 e. The molecule has 0 unspecified atom stereocenters. The Morgan fingerprint density at radius 1 is 0.850 bits per heavy atom. The Balaban J connectivity index is 1.77. The van der Waals surface area contributed by atoms with E-state index < -0.39 is 29.6 Å². The number of carbonyl (C=O) groups excluding carboxylic acids is 3. The second-order valence-corrected chi connectivity index (χ2v) is 10.7. The molecule has 40 heavy (non-hydrogen) atoms. The third-order valence-electron chi connectivity index (χ3n) is 6.98. The zero-order valence-corrected chi connectivity index (χ0v) is 23.8. The number of amides is 1. The molecule has 0 radical (unpaired) electrons. The number of ether oxygens (including phenoxy) is 3. The fraction of sp³-hybridized carbons (Fsp3) is 0.344. The van der Waals surface area contributed by atoms with Gasteiger partial charge in [-0.1, -0.05) is 60.7 Å². The summed E-state index contributed by atoms with van der Waals surface area (Å²) in [5.74, 6) is -2.75. The number of aromatic amines is 1. The van der Waals surface area contributed by atoms with Gasteiger partial charge in [-0.05, 0) is 62.1 Å². The molecule has 3 aromatic carbocycles. The number of aromatic nitrogens is 1. The minimum Gasteiger partial charge on any atom is -0.468 e. The predicted octanol–water partition coefficient (Wildman–Crippen LogP) is 6.29. The van der Waals surface area contributed by atoms with Gasteiger partial charge in [-0.15, -0.1) is 0 Å². The molecule has 0 aliphatic carbocycles. The number of hydrogen-bond donors (Lipinski definition) is 1. The van der Waals surface area contributed by atoms with Crippen LogP contribution in [0.2, 0.25) is 0 Å². The van der Waals surface area contributed by atoms with Crippen LogP contribution in [0.3, 0.4) is 0 Å². The van der Waals surface area contributed by atoms with Gasteiger partial charge in [0, 0.05) is 23.1 Å². The van der Waals surface area contributed by atoms with Crippen molar-refractivity contribution in [1.82, 2.24) is 9.88 Å². The molecule has 0 saturated heterocycles. The summed E-state index contributed by atoms with van der Waals surface area (Å²) in [5, 5.41) is 2.97. The number of hydrogen-bond acceptors (Lipinski definition) is 6. The number of carbonyl (C=O) groups is 3. The molecule has 1 atom stereocenters. The van der Waals surface area contributed by atoms with Crippen LogP contribution in [0.25, 0.3) is 21.7 Å². The molecular weight excluding hydrogens is 508 g/mol. The molecule has 1 N–H and O–H groups in total. The van der Waals surface area contributed by atoms with Crippen molar-refractivity contribution in [3.8, 4) is 0 Å². The number of fused-ring (bicyclic) bond motifs is 2. The SMILES string of the molecule is COC(=O)C(C(=O)OC)c1[nH]c2ccccc2c1CCN(C(=O)OC(C)(C)C)[C@@H](C)c1cccc2ccccc12. The average Bonchev–Trinajstić information content (AvgIpc) is 3.29. The highest BCUT2D eigenvalue weighted by atomic mass is 16.6. The Labute approximate surface area is 234 Å². The highest BCUT2D eigenvalue weighted by molar-refractivity contribution is 6.02. The van der Waals surface area contributed by atoms with Crippen LogP contribution in [0.5, 0.6) is 0 Å². The summed E-state index contributed by atoms with van der Waals surface area (Å²) in [7, 11) is 2.47. The van der Waals surface area contributed by atoms with Gasteiger partial charge in [0.15, 0.2) is 5.92 Å². The molecule has 1 aromatic heterocycles. The van der Waals surface area contributed by atoms with Gasteiger partial charge in [0.2, 0.25) is 0 Å². The van der Waals surface area contributed by atoms with Crippen LogP contribution in [0.1, 0.15) is 56.5 Å². The third-order valence-corrected chi connectivity index (χ3v) is 6.98. The fourth-order valence-electron chi connectivity index (χ4n) is 5.08. The number of esters is 2. The first-order valence-corrected chi connectivity index (χ1v) is 13.3. The Kier molecular flexibility index (Phi) is 8.47. The molecular formula is C32H36N2O6. The summed E-state index contributed by atoms with van der Waals surface area (Å²) in [6.45, 7) is 7.75. The zero-order chi connectivity index (χ0) is 29.0.